The molecule has 8 nitrogen and oxygen atoms in total. The summed E-state index contributed by atoms with van der Waals surface area (Å²) in [7, 11) is 0. The van der Waals surface area contributed by atoms with Gasteiger partial charge >= 0.3 is 6.09 Å². The number of aromatic nitrogens is 1. The van der Waals surface area contributed by atoms with Gasteiger partial charge in [-0.1, -0.05) is 5.16 Å². The first-order valence-corrected chi connectivity index (χ1v) is 9.42. The molecule has 1 aromatic rings. The van der Waals surface area contributed by atoms with Crippen LogP contribution in [0.2, 0.25) is 0 Å². The average Bonchev–Trinajstić information content (AvgIpc) is 3.18. The Kier molecular flexibility index (Phi) is 6.13. The lowest BCUT2D eigenvalue weighted by Gasteiger charge is -2.27. The quantitative estimate of drug-likeness (QED) is 0.801. The Labute approximate surface area is 154 Å². The number of nitrogens with zero attached hydrogens (tertiary/aromatic N) is 4. The van der Waals surface area contributed by atoms with Crippen molar-refractivity contribution in [1.82, 2.24) is 19.9 Å². The number of rotatable bonds is 4. The number of amides is 2. The second-order valence-electron chi connectivity index (χ2n) is 6.97. The molecule has 0 spiro atoms. The minimum Gasteiger partial charge on any atom is -0.450 e. The van der Waals surface area contributed by atoms with Crippen LogP contribution in [0, 0.1) is 6.92 Å². The maximum Gasteiger partial charge on any atom is 0.409 e. The Hall–Kier alpha value is -2.09. The Bertz CT molecular complexity index is 632. The Morgan fingerprint density at radius 2 is 2.08 bits per heavy atom. The Morgan fingerprint density at radius 1 is 1.23 bits per heavy atom. The van der Waals surface area contributed by atoms with E-state index in [4.69, 9.17) is 9.26 Å². The van der Waals surface area contributed by atoms with Crippen LogP contribution in [-0.4, -0.2) is 83.8 Å². The number of aryl methyl sites for hydroxylation is 1. The highest BCUT2D eigenvalue weighted by molar-refractivity contribution is 5.78. The van der Waals surface area contributed by atoms with Crippen LogP contribution in [0.5, 0.6) is 0 Å². The van der Waals surface area contributed by atoms with Gasteiger partial charge in [0.05, 0.1) is 18.7 Å². The Balaban J connectivity index is 1.49. The predicted molar refractivity (Wildman–Crippen MR) is 94.7 cm³/mol. The minimum atomic E-state index is -0.219. The lowest BCUT2D eigenvalue weighted by Crippen LogP contribution is -2.42. The third kappa shape index (κ3) is 4.55. The van der Waals surface area contributed by atoms with Crippen molar-refractivity contribution in [3.63, 3.8) is 0 Å². The maximum absolute atomic E-state index is 12.5. The summed E-state index contributed by atoms with van der Waals surface area (Å²) in [6, 6.07) is 2.16. The predicted octanol–water partition coefficient (Wildman–Crippen LogP) is 1.29. The van der Waals surface area contributed by atoms with Crippen LogP contribution >= 0.6 is 0 Å². The lowest BCUT2D eigenvalue weighted by molar-refractivity contribution is -0.130. The molecule has 3 rings (SSSR count). The zero-order valence-corrected chi connectivity index (χ0v) is 15.6. The molecule has 2 aliphatic heterocycles. The molecular formula is C18H28N4O4. The highest BCUT2D eigenvalue weighted by atomic mass is 16.6. The van der Waals surface area contributed by atoms with Gasteiger partial charge in [0.25, 0.3) is 0 Å². The number of carbonyl (C=O) groups excluding carboxylic acids is 2. The summed E-state index contributed by atoms with van der Waals surface area (Å²) < 4.78 is 10.3. The summed E-state index contributed by atoms with van der Waals surface area (Å²) in [5.74, 6) is 0.706. The maximum atomic E-state index is 12.5. The first kappa shape index (κ1) is 18.7. The smallest absolute Gasteiger partial charge is 0.409 e. The van der Waals surface area contributed by atoms with Crippen LogP contribution in [0.4, 0.5) is 4.79 Å². The van der Waals surface area contributed by atoms with E-state index < -0.39 is 0 Å². The molecule has 1 aromatic heterocycles. The highest BCUT2D eigenvalue weighted by Gasteiger charge is 2.32. The van der Waals surface area contributed by atoms with Crippen LogP contribution in [-0.2, 0) is 16.0 Å². The van der Waals surface area contributed by atoms with Gasteiger partial charge in [0.15, 0.2) is 0 Å². The van der Waals surface area contributed by atoms with Crippen molar-refractivity contribution in [2.75, 3.05) is 45.9 Å². The van der Waals surface area contributed by atoms with Crippen molar-refractivity contribution in [3.05, 3.63) is 17.5 Å². The van der Waals surface area contributed by atoms with Crippen LogP contribution in [0.15, 0.2) is 10.6 Å². The zero-order valence-electron chi connectivity index (χ0n) is 15.6. The van der Waals surface area contributed by atoms with Gasteiger partial charge in [-0.15, -0.1) is 0 Å². The summed E-state index contributed by atoms with van der Waals surface area (Å²) in [6.07, 6.45) is 1.95. The number of carbonyl (C=O) groups is 2. The summed E-state index contributed by atoms with van der Waals surface area (Å²) >= 11 is 0. The van der Waals surface area contributed by atoms with Gasteiger partial charge in [-0.2, -0.15) is 0 Å². The molecule has 3 heterocycles. The minimum absolute atomic E-state index is 0.0857. The van der Waals surface area contributed by atoms with Gasteiger partial charge < -0.3 is 19.1 Å². The van der Waals surface area contributed by atoms with Gasteiger partial charge in [0, 0.05) is 51.4 Å². The molecule has 0 aliphatic carbocycles. The summed E-state index contributed by atoms with van der Waals surface area (Å²) in [6.45, 7) is 8.80. The van der Waals surface area contributed by atoms with E-state index in [1.165, 1.54) is 0 Å². The number of likely N-dealkylation sites (tertiary alicyclic amines) is 1. The van der Waals surface area contributed by atoms with Gasteiger partial charge in [-0.05, 0) is 26.7 Å². The summed E-state index contributed by atoms with van der Waals surface area (Å²) in [4.78, 5) is 30.5. The monoisotopic (exact) mass is 364 g/mol. The zero-order chi connectivity index (χ0) is 18.5. The van der Waals surface area contributed by atoms with Crippen molar-refractivity contribution in [2.45, 2.75) is 39.2 Å². The van der Waals surface area contributed by atoms with Gasteiger partial charge in [0.2, 0.25) is 5.91 Å². The van der Waals surface area contributed by atoms with Crippen LogP contribution in [0.1, 0.15) is 31.2 Å². The molecule has 0 aromatic carbocycles. The molecule has 0 radical (unpaired) electrons. The lowest BCUT2D eigenvalue weighted by atomic mass is 10.2. The first-order valence-electron chi connectivity index (χ1n) is 9.42. The Morgan fingerprint density at radius 3 is 2.81 bits per heavy atom. The normalized spacial score (nSPS) is 21.7. The largest absolute Gasteiger partial charge is 0.450 e. The fraction of sp³-hybridized carbons (Fsp3) is 0.722. The summed E-state index contributed by atoms with van der Waals surface area (Å²) in [5.41, 5.74) is 0.794. The molecule has 8 heteroatoms. The molecular weight excluding hydrogens is 336 g/mol. The number of hydrogen-bond acceptors (Lipinski definition) is 6. The van der Waals surface area contributed by atoms with E-state index in [0.717, 1.165) is 44.7 Å². The first-order chi connectivity index (χ1) is 12.6. The SMILES string of the molecule is CCOC(=O)N1CCC(N2CCCN(C(=O)Cc3cc(C)no3)CC2)C1. The van der Waals surface area contributed by atoms with Crippen LogP contribution < -0.4 is 0 Å². The van der Waals surface area contributed by atoms with Crippen LogP contribution in [0.3, 0.4) is 0 Å². The van der Waals surface area contributed by atoms with E-state index in [2.05, 4.69) is 10.1 Å². The van der Waals surface area contributed by atoms with E-state index in [-0.39, 0.29) is 18.4 Å². The van der Waals surface area contributed by atoms with Crippen molar-refractivity contribution in [1.29, 1.82) is 0 Å². The topological polar surface area (TPSA) is 79.1 Å². The molecule has 1 atom stereocenters. The van der Waals surface area contributed by atoms with E-state index in [1.807, 2.05) is 24.8 Å². The second-order valence-corrected chi connectivity index (χ2v) is 6.97. The van der Waals surface area contributed by atoms with Gasteiger partial charge in [-0.25, -0.2) is 4.79 Å². The molecule has 2 saturated heterocycles. The van der Waals surface area contributed by atoms with E-state index >= 15 is 0 Å². The standard InChI is InChI=1S/C18H28N4O4/c1-3-25-18(24)22-8-5-15(13-22)20-6-4-7-21(10-9-20)17(23)12-16-11-14(2)19-26-16/h11,15H,3-10,12-13H2,1-2H3. The number of hydrogen-bond donors (Lipinski definition) is 0. The fourth-order valence-corrected chi connectivity index (χ4v) is 3.73. The molecule has 0 bridgehead atoms. The van der Waals surface area contributed by atoms with Crippen LogP contribution in [0.25, 0.3) is 0 Å². The summed E-state index contributed by atoms with van der Waals surface area (Å²) in [5, 5.41) is 3.84. The third-order valence-electron chi connectivity index (χ3n) is 5.09. The molecule has 144 valence electrons. The second kappa shape index (κ2) is 8.53. The molecule has 26 heavy (non-hydrogen) atoms. The fourth-order valence-electron chi connectivity index (χ4n) is 3.73. The molecule has 0 N–H and O–H groups in total. The number of ether oxygens (including phenoxy) is 1. The molecule has 2 aliphatic rings. The van der Waals surface area contributed by atoms with E-state index in [0.29, 0.717) is 31.5 Å². The van der Waals surface area contributed by atoms with Crippen molar-refractivity contribution in [3.8, 4) is 0 Å². The molecule has 1 unspecified atom stereocenters. The van der Waals surface area contributed by atoms with Crippen molar-refractivity contribution >= 4 is 12.0 Å². The molecule has 0 saturated carbocycles. The highest BCUT2D eigenvalue weighted by Crippen LogP contribution is 2.19. The van der Waals surface area contributed by atoms with E-state index in [9.17, 15) is 9.59 Å². The van der Waals surface area contributed by atoms with Gasteiger partial charge in [-0.3, -0.25) is 9.69 Å². The third-order valence-corrected chi connectivity index (χ3v) is 5.09. The molecule has 2 fully saturated rings. The molecule has 2 amide bonds. The average molecular weight is 364 g/mol. The van der Waals surface area contributed by atoms with Gasteiger partial charge in [0.1, 0.15) is 5.76 Å². The van der Waals surface area contributed by atoms with E-state index in [1.54, 1.807) is 4.90 Å². The van der Waals surface area contributed by atoms with Crippen molar-refractivity contribution in [2.24, 2.45) is 0 Å². The van der Waals surface area contributed by atoms with Crippen molar-refractivity contribution < 1.29 is 18.8 Å².